The molecule has 0 bridgehead atoms. The minimum absolute atomic E-state index is 0.105. The number of carboxylic acid groups (broad SMARTS) is 1. The maximum atomic E-state index is 12.2. The first-order chi connectivity index (χ1) is 12.1. The van der Waals surface area contributed by atoms with Crippen LogP contribution in [0.25, 0.3) is 0 Å². The number of carboxylic acids is 1. The molecule has 3 rings (SSSR count). The van der Waals surface area contributed by atoms with Crippen molar-refractivity contribution in [2.24, 2.45) is 5.92 Å². The third-order valence-corrected chi connectivity index (χ3v) is 5.29. The molecule has 0 spiro atoms. The van der Waals surface area contributed by atoms with Gasteiger partial charge in [0.1, 0.15) is 6.61 Å². The number of carbonyl (C=O) groups excluding carboxylic acids is 1. The normalized spacial score (nSPS) is 24.7. The van der Waals surface area contributed by atoms with Gasteiger partial charge in [-0.25, -0.2) is 4.79 Å². The van der Waals surface area contributed by atoms with E-state index in [9.17, 15) is 14.7 Å². The first-order valence-corrected chi connectivity index (χ1v) is 9.07. The molecule has 1 saturated heterocycles. The molecule has 1 aliphatic heterocycles. The van der Waals surface area contributed by atoms with E-state index in [0.717, 1.165) is 44.3 Å². The van der Waals surface area contributed by atoms with E-state index in [4.69, 9.17) is 4.74 Å². The van der Waals surface area contributed by atoms with Gasteiger partial charge in [-0.1, -0.05) is 43.2 Å². The van der Waals surface area contributed by atoms with Gasteiger partial charge in [0.15, 0.2) is 0 Å². The highest BCUT2D eigenvalue weighted by atomic mass is 16.6. The molecule has 2 atom stereocenters. The third kappa shape index (κ3) is 4.51. The fourth-order valence-corrected chi connectivity index (χ4v) is 3.88. The summed E-state index contributed by atoms with van der Waals surface area (Å²) in [6.07, 6.45) is 3.50. The van der Waals surface area contributed by atoms with Crippen LogP contribution in [0.15, 0.2) is 30.3 Å². The zero-order valence-corrected chi connectivity index (χ0v) is 14.5. The van der Waals surface area contributed by atoms with Gasteiger partial charge in [0.05, 0.1) is 5.92 Å². The lowest BCUT2D eigenvalue weighted by Gasteiger charge is -2.42. The van der Waals surface area contributed by atoms with Crippen molar-refractivity contribution in [1.29, 1.82) is 0 Å². The lowest BCUT2D eigenvalue weighted by atomic mass is 9.83. The maximum absolute atomic E-state index is 12.2. The van der Waals surface area contributed by atoms with E-state index >= 15 is 0 Å². The van der Waals surface area contributed by atoms with Gasteiger partial charge in [-0.15, -0.1) is 0 Å². The monoisotopic (exact) mass is 346 g/mol. The summed E-state index contributed by atoms with van der Waals surface area (Å²) in [6.45, 7) is 2.90. The van der Waals surface area contributed by atoms with Crippen molar-refractivity contribution in [1.82, 2.24) is 9.80 Å². The molecule has 136 valence electrons. The molecule has 1 aromatic rings. The number of hydrogen-bond acceptors (Lipinski definition) is 4. The van der Waals surface area contributed by atoms with E-state index in [-0.39, 0.29) is 24.7 Å². The first-order valence-electron chi connectivity index (χ1n) is 9.07. The average molecular weight is 346 g/mol. The number of carbonyl (C=O) groups is 2. The fourth-order valence-electron chi connectivity index (χ4n) is 3.88. The van der Waals surface area contributed by atoms with Crippen LogP contribution in [0, 0.1) is 5.92 Å². The Kier molecular flexibility index (Phi) is 5.91. The smallest absolute Gasteiger partial charge is 0.410 e. The Morgan fingerprint density at radius 2 is 1.72 bits per heavy atom. The van der Waals surface area contributed by atoms with E-state index in [1.807, 2.05) is 30.3 Å². The summed E-state index contributed by atoms with van der Waals surface area (Å²) in [4.78, 5) is 27.7. The molecule has 25 heavy (non-hydrogen) atoms. The molecule has 0 unspecified atom stereocenters. The molecular formula is C19H26N2O4. The predicted molar refractivity (Wildman–Crippen MR) is 93.2 cm³/mol. The highest BCUT2D eigenvalue weighted by molar-refractivity contribution is 5.71. The molecular weight excluding hydrogens is 320 g/mol. The molecule has 2 aliphatic rings. The highest BCUT2D eigenvalue weighted by Gasteiger charge is 2.36. The molecule has 2 fully saturated rings. The lowest BCUT2D eigenvalue weighted by Crippen LogP contribution is -2.55. The largest absolute Gasteiger partial charge is 0.481 e. The standard InChI is InChI=1S/C19H26N2O4/c22-18(23)16-8-4-5-9-17(16)20-10-12-21(13-11-20)19(24)25-14-15-6-2-1-3-7-15/h1-3,6-7,16-17H,4-5,8-14H2,(H,22,23)/t16-,17-/m1/s1. The van der Waals surface area contributed by atoms with E-state index in [2.05, 4.69) is 4.90 Å². The van der Waals surface area contributed by atoms with Crippen LogP contribution in [0.1, 0.15) is 31.2 Å². The summed E-state index contributed by atoms with van der Waals surface area (Å²) in [5.74, 6) is -0.959. The molecule has 1 amide bonds. The first kappa shape index (κ1) is 17.7. The Bertz CT molecular complexity index is 584. The van der Waals surface area contributed by atoms with Crippen molar-refractivity contribution < 1.29 is 19.4 Å². The number of ether oxygens (including phenoxy) is 1. The molecule has 6 nitrogen and oxygen atoms in total. The second-order valence-electron chi connectivity index (χ2n) is 6.86. The van der Waals surface area contributed by atoms with E-state index in [1.54, 1.807) is 4.90 Å². The van der Waals surface area contributed by atoms with Gasteiger partial charge in [0.2, 0.25) is 0 Å². The highest BCUT2D eigenvalue weighted by Crippen LogP contribution is 2.29. The van der Waals surface area contributed by atoms with Crippen molar-refractivity contribution >= 4 is 12.1 Å². The summed E-state index contributed by atoms with van der Waals surface area (Å²) in [5, 5.41) is 9.45. The van der Waals surface area contributed by atoms with Gasteiger partial charge in [-0.05, 0) is 18.4 Å². The number of nitrogens with zero attached hydrogens (tertiary/aromatic N) is 2. The van der Waals surface area contributed by atoms with Gasteiger partial charge in [-0.3, -0.25) is 9.69 Å². The Morgan fingerprint density at radius 1 is 1.04 bits per heavy atom. The Morgan fingerprint density at radius 3 is 2.40 bits per heavy atom. The van der Waals surface area contributed by atoms with Crippen LogP contribution in [0.5, 0.6) is 0 Å². The third-order valence-electron chi connectivity index (χ3n) is 5.29. The zero-order valence-electron chi connectivity index (χ0n) is 14.5. The zero-order chi connectivity index (χ0) is 17.6. The maximum Gasteiger partial charge on any atom is 0.410 e. The van der Waals surface area contributed by atoms with Crippen molar-refractivity contribution in [3.05, 3.63) is 35.9 Å². The molecule has 1 N–H and O–H groups in total. The molecule has 1 heterocycles. The topological polar surface area (TPSA) is 70.1 Å². The van der Waals surface area contributed by atoms with Crippen molar-refractivity contribution in [2.45, 2.75) is 38.3 Å². The molecule has 0 radical (unpaired) electrons. The number of amides is 1. The molecule has 1 saturated carbocycles. The Balaban J connectivity index is 1.47. The molecule has 6 heteroatoms. The van der Waals surface area contributed by atoms with Gasteiger partial charge in [0.25, 0.3) is 0 Å². The van der Waals surface area contributed by atoms with Crippen LogP contribution in [0.3, 0.4) is 0 Å². The fraction of sp³-hybridized carbons (Fsp3) is 0.579. The van der Waals surface area contributed by atoms with E-state index in [0.29, 0.717) is 13.1 Å². The van der Waals surface area contributed by atoms with Crippen molar-refractivity contribution in [3.63, 3.8) is 0 Å². The van der Waals surface area contributed by atoms with Crippen LogP contribution in [-0.2, 0) is 16.1 Å². The van der Waals surface area contributed by atoms with Crippen LogP contribution in [0.4, 0.5) is 4.79 Å². The van der Waals surface area contributed by atoms with E-state index in [1.165, 1.54) is 0 Å². The Labute approximate surface area is 148 Å². The minimum atomic E-state index is -0.686. The van der Waals surface area contributed by atoms with Gasteiger partial charge >= 0.3 is 12.1 Å². The number of hydrogen-bond donors (Lipinski definition) is 1. The van der Waals surface area contributed by atoms with Crippen molar-refractivity contribution in [2.75, 3.05) is 26.2 Å². The summed E-state index contributed by atoms with van der Waals surface area (Å²) >= 11 is 0. The van der Waals surface area contributed by atoms with Crippen LogP contribution >= 0.6 is 0 Å². The minimum Gasteiger partial charge on any atom is -0.481 e. The number of piperazine rings is 1. The number of benzene rings is 1. The van der Waals surface area contributed by atoms with Crippen LogP contribution in [-0.4, -0.2) is 59.2 Å². The van der Waals surface area contributed by atoms with Gasteiger partial charge in [0, 0.05) is 32.2 Å². The van der Waals surface area contributed by atoms with Crippen LogP contribution in [0.2, 0.25) is 0 Å². The Hall–Kier alpha value is -2.08. The van der Waals surface area contributed by atoms with Crippen LogP contribution < -0.4 is 0 Å². The number of rotatable bonds is 4. The molecule has 1 aromatic carbocycles. The molecule has 1 aliphatic carbocycles. The summed E-state index contributed by atoms with van der Waals surface area (Å²) < 4.78 is 5.38. The summed E-state index contributed by atoms with van der Waals surface area (Å²) in [7, 11) is 0. The SMILES string of the molecule is O=C(O)[C@@H]1CCCC[C@H]1N1CCN(C(=O)OCc2ccccc2)CC1. The quantitative estimate of drug-likeness (QED) is 0.907. The second kappa shape index (κ2) is 8.34. The van der Waals surface area contributed by atoms with E-state index < -0.39 is 5.97 Å². The second-order valence-corrected chi connectivity index (χ2v) is 6.86. The van der Waals surface area contributed by atoms with Crippen molar-refractivity contribution in [3.8, 4) is 0 Å². The summed E-state index contributed by atoms with van der Waals surface area (Å²) in [5.41, 5.74) is 0.973. The lowest BCUT2D eigenvalue weighted by molar-refractivity contribution is -0.146. The average Bonchev–Trinajstić information content (AvgIpc) is 2.67. The predicted octanol–water partition coefficient (Wildman–Crippen LogP) is 2.58. The molecule has 0 aromatic heterocycles. The van der Waals surface area contributed by atoms with Gasteiger partial charge < -0.3 is 14.7 Å². The van der Waals surface area contributed by atoms with Gasteiger partial charge in [-0.2, -0.15) is 0 Å². The number of aliphatic carboxylic acids is 1. The summed E-state index contributed by atoms with van der Waals surface area (Å²) in [6, 6.07) is 9.74.